The van der Waals surface area contributed by atoms with Gasteiger partial charge in [0.2, 0.25) is 0 Å². The van der Waals surface area contributed by atoms with Gasteiger partial charge in [0.15, 0.2) is 0 Å². The summed E-state index contributed by atoms with van der Waals surface area (Å²) in [6.45, 7) is 4.27. The number of halogens is 1. The highest BCUT2D eigenvalue weighted by atomic mass is 79.9. The summed E-state index contributed by atoms with van der Waals surface area (Å²) in [7, 11) is 0. The molecule has 0 aliphatic heterocycles. The monoisotopic (exact) mass is 286 g/mol. The van der Waals surface area contributed by atoms with Crippen LogP contribution in [0.15, 0.2) is 15.9 Å². The van der Waals surface area contributed by atoms with E-state index in [9.17, 15) is 4.79 Å². The van der Waals surface area contributed by atoms with Gasteiger partial charge in [-0.15, -0.1) is 11.3 Å². The molecule has 1 heterocycles. The van der Waals surface area contributed by atoms with E-state index >= 15 is 0 Å². The lowest BCUT2D eigenvalue weighted by Crippen LogP contribution is -2.47. The molecule has 82 valence electrons. The Labute approximate surface area is 103 Å². The van der Waals surface area contributed by atoms with Crippen LogP contribution in [0.1, 0.15) is 43.9 Å². The van der Waals surface area contributed by atoms with Crippen molar-refractivity contribution in [3.05, 3.63) is 20.8 Å². The summed E-state index contributed by atoms with van der Waals surface area (Å²) < 4.78 is 1.18. The number of carbonyl (C=O) groups excluding carboxylic acids is 1. The zero-order valence-corrected chi connectivity index (χ0v) is 11.5. The highest BCUT2D eigenvalue weighted by Crippen LogP contribution is 2.56. The van der Waals surface area contributed by atoms with Gasteiger partial charge in [0.05, 0.1) is 0 Å². The Hall–Kier alpha value is -0.150. The predicted molar refractivity (Wildman–Crippen MR) is 67.4 cm³/mol. The van der Waals surface area contributed by atoms with Crippen LogP contribution in [0.25, 0.3) is 0 Å². The van der Waals surface area contributed by atoms with Crippen LogP contribution < -0.4 is 0 Å². The third kappa shape index (κ3) is 1.51. The number of carbonyl (C=O) groups is 1. The average Bonchev–Trinajstić information content (AvgIpc) is 2.63. The van der Waals surface area contributed by atoms with E-state index in [1.54, 1.807) is 11.3 Å². The Morgan fingerprint density at radius 3 is 2.60 bits per heavy atom. The third-order valence-corrected chi connectivity index (χ3v) is 5.82. The first-order valence-corrected chi connectivity index (χ1v) is 7.09. The fourth-order valence-electron chi connectivity index (χ4n) is 2.68. The molecule has 3 heteroatoms. The van der Waals surface area contributed by atoms with Crippen LogP contribution in [0.2, 0.25) is 0 Å². The molecule has 1 aliphatic rings. The maximum Gasteiger partial charge on any atom is 0.140 e. The molecule has 1 aliphatic carbocycles. The molecule has 0 bridgehead atoms. The summed E-state index contributed by atoms with van der Waals surface area (Å²) in [5.41, 5.74) is -0.0621. The van der Waals surface area contributed by atoms with Crippen LogP contribution in [0, 0.1) is 5.41 Å². The van der Waals surface area contributed by atoms with E-state index in [-0.39, 0.29) is 5.41 Å². The van der Waals surface area contributed by atoms with E-state index in [1.165, 1.54) is 9.35 Å². The van der Waals surface area contributed by atoms with Gasteiger partial charge in [0, 0.05) is 27.1 Å². The van der Waals surface area contributed by atoms with Crippen molar-refractivity contribution in [2.75, 3.05) is 0 Å². The van der Waals surface area contributed by atoms with E-state index in [4.69, 9.17) is 0 Å². The van der Waals surface area contributed by atoms with E-state index in [1.807, 2.05) is 0 Å². The lowest BCUT2D eigenvalue weighted by molar-refractivity contribution is -0.141. The summed E-state index contributed by atoms with van der Waals surface area (Å²) in [5.74, 6) is 0.909. The number of hydrogen-bond donors (Lipinski definition) is 0. The van der Waals surface area contributed by atoms with Crippen LogP contribution in [-0.2, 0) is 4.79 Å². The van der Waals surface area contributed by atoms with Gasteiger partial charge in [-0.3, -0.25) is 4.79 Å². The van der Waals surface area contributed by atoms with E-state index < -0.39 is 0 Å². The van der Waals surface area contributed by atoms with Gasteiger partial charge in [-0.25, -0.2) is 0 Å². The molecule has 0 saturated heterocycles. The van der Waals surface area contributed by atoms with Crippen LogP contribution in [-0.4, -0.2) is 5.78 Å². The van der Waals surface area contributed by atoms with Crippen LogP contribution in [0.3, 0.4) is 0 Å². The first kappa shape index (κ1) is 11.3. The first-order chi connectivity index (χ1) is 7.15. The molecule has 1 unspecified atom stereocenters. The molecule has 1 aromatic rings. The second kappa shape index (κ2) is 4.02. The van der Waals surface area contributed by atoms with Crippen molar-refractivity contribution in [2.45, 2.75) is 39.0 Å². The summed E-state index contributed by atoms with van der Waals surface area (Å²) >= 11 is 5.34. The van der Waals surface area contributed by atoms with Crippen molar-refractivity contribution in [3.63, 3.8) is 0 Å². The zero-order chi connectivity index (χ0) is 11.1. The molecule has 0 N–H and O–H groups in total. The number of rotatable bonds is 3. The largest absolute Gasteiger partial charge is 0.299 e. The van der Waals surface area contributed by atoms with Crippen molar-refractivity contribution >= 4 is 33.0 Å². The molecule has 2 rings (SSSR count). The Bertz CT molecular complexity index is 379. The molecule has 1 atom stereocenters. The number of Topliss-reactive ketones (excluding diaryl/α,β-unsaturated/α-hetero) is 1. The van der Waals surface area contributed by atoms with Crippen molar-refractivity contribution in [1.29, 1.82) is 0 Å². The topological polar surface area (TPSA) is 17.1 Å². The Balaban J connectivity index is 2.33. The number of hydrogen-bond acceptors (Lipinski definition) is 2. The average molecular weight is 287 g/mol. The van der Waals surface area contributed by atoms with Crippen LogP contribution in [0.4, 0.5) is 0 Å². The predicted octanol–water partition coefficient (Wildman–Crippen LogP) is 4.37. The van der Waals surface area contributed by atoms with Crippen LogP contribution >= 0.6 is 27.3 Å². The first-order valence-electron chi connectivity index (χ1n) is 5.42. The van der Waals surface area contributed by atoms with E-state index in [2.05, 4.69) is 41.2 Å². The van der Waals surface area contributed by atoms with Gasteiger partial charge in [-0.1, -0.05) is 13.8 Å². The Morgan fingerprint density at radius 2 is 2.20 bits per heavy atom. The molecular weight excluding hydrogens is 272 g/mol. The molecule has 1 aromatic heterocycles. The Morgan fingerprint density at radius 1 is 1.53 bits per heavy atom. The molecule has 0 radical (unpaired) electrons. The second-order valence-corrected chi connectivity index (χ2v) is 5.98. The van der Waals surface area contributed by atoms with Crippen molar-refractivity contribution in [1.82, 2.24) is 0 Å². The quantitative estimate of drug-likeness (QED) is 0.806. The third-order valence-electron chi connectivity index (χ3n) is 3.83. The molecule has 0 amide bonds. The molecular formula is C12H15BrOS. The number of thiophene rings is 1. The van der Waals surface area contributed by atoms with E-state index in [0.717, 1.165) is 19.3 Å². The minimum Gasteiger partial charge on any atom is -0.299 e. The van der Waals surface area contributed by atoms with Crippen molar-refractivity contribution in [2.24, 2.45) is 5.41 Å². The molecule has 15 heavy (non-hydrogen) atoms. The minimum atomic E-state index is -0.0621. The zero-order valence-electron chi connectivity index (χ0n) is 9.05. The van der Waals surface area contributed by atoms with Gasteiger partial charge in [0.1, 0.15) is 5.78 Å². The smallest absolute Gasteiger partial charge is 0.140 e. The molecule has 1 saturated carbocycles. The summed E-state index contributed by atoms with van der Waals surface area (Å²) in [4.78, 5) is 13.2. The summed E-state index contributed by atoms with van der Waals surface area (Å²) in [6, 6.07) is 2.08. The SMILES string of the molecule is CCC1(CC)C(=O)CC1c1sccc1Br. The highest BCUT2D eigenvalue weighted by molar-refractivity contribution is 9.10. The maximum atomic E-state index is 11.8. The van der Waals surface area contributed by atoms with Gasteiger partial charge < -0.3 is 0 Å². The van der Waals surface area contributed by atoms with Crippen LogP contribution in [0.5, 0.6) is 0 Å². The van der Waals surface area contributed by atoms with Gasteiger partial charge in [-0.2, -0.15) is 0 Å². The Kier molecular flexibility index (Phi) is 3.04. The minimum absolute atomic E-state index is 0.0621. The summed E-state index contributed by atoms with van der Waals surface area (Å²) in [5, 5.41) is 2.10. The molecule has 1 nitrogen and oxygen atoms in total. The van der Waals surface area contributed by atoms with Crippen molar-refractivity contribution in [3.8, 4) is 0 Å². The van der Waals surface area contributed by atoms with E-state index in [0.29, 0.717) is 11.7 Å². The fourth-order valence-corrected chi connectivity index (χ4v) is 4.55. The van der Waals surface area contributed by atoms with Gasteiger partial charge in [0.25, 0.3) is 0 Å². The fraction of sp³-hybridized carbons (Fsp3) is 0.583. The molecule has 1 fully saturated rings. The highest BCUT2D eigenvalue weighted by Gasteiger charge is 2.53. The van der Waals surface area contributed by atoms with Crippen molar-refractivity contribution < 1.29 is 4.79 Å². The lowest BCUT2D eigenvalue weighted by Gasteiger charge is -2.47. The standard InChI is InChI=1S/C12H15BrOS/c1-3-12(4-2)8(7-10(12)14)11-9(13)5-6-15-11/h5-6,8H,3-4,7H2,1-2H3. The van der Waals surface area contributed by atoms with Gasteiger partial charge >= 0.3 is 0 Å². The second-order valence-electron chi connectivity index (χ2n) is 4.18. The normalized spacial score (nSPS) is 23.9. The summed E-state index contributed by atoms with van der Waals surface area (Å²) in [6.07, 6.45) is 2.68. The maximum absolute atomic E-state index is 11.8. The van der Waals surface area contributed by atoms with Gasteiger partial charge in [-0.05, 0) is 40.2 Å². The molecule has 0 aromatic carbocycles. The lowest BCUT2D eigenvalue weighted by atomic mass is 9.56. The number of ketones is 1. The molecule has 0 spiro atoms.